The molecule has 17 heavy (non-hydrogen) atoms. The molecule has 1 aromatic rings. The maximum absolute atomic E-state index is 10.5. The van der Waals surface area contributed by atoms with E-state index in [1.807, 2.05) is 0 Å². The van der Waals surface area contributed by atoms with Crippen LogP contribution in [-0.2, 0) is 20.2 Å². The van der Waals surface area contributed by atoms with Crippen LogP contribution in [0.5, 0.6) is 0 Å². The molecular weight excluding hydrogens is 294 g/mol. The molecule has 0 saturated heterocycles. The normalized spacial score (nSPS) is 10.5. The van der Waals surface area contributed by atoms with Crippen molar-refractivity contribution < 1.29 is 90.5 Å². The Labute approximate surface area is 143 Å². The molecule has 0 atom stereocenters. The van der Waals surface area contributed by atoms with Crippen molar-refractivity contribution >= 4 is 20.2 Å². The number of rotatable bonds is 2. The van der Waals surface area contributed by atoms with Gasteiger partial charge < -0.3 is 14.6 Å². The Morgan fingerprint density at radius 2 is 1.12 bits per heavy atom. The van der Waals surface area contributed by atoms with Crippen molar-refractivity contribution in [3.63, 3.8) is 0 Å². The van der Waals surface area contributed by atoms with Gasteiger partial charge in [0.2, 0.25) is 0 Å². The minimum Gasteiger partial charge on any atom is -0.744 e. The van der Waals surface area contributed by atoms with E-state index >= 15 is 0 Å². The van der Waals surface area contributed by atoms with Crippen molar-refractivity contribution in [1.29, 1.82) is 0 Å². The van der Waals surface area contributed by atoms with Crippen LogP contribution in [0.4, 0.5) is 0 Å². The summed E-state index contributed by atoms with van der Waals surface area (Å²) >= 11 is 0. The van der Waals surface area contributed by atoms with Gasteiger partial charge in [-0.2, -0.15) is 0 Å². The van der Waals surface area contributed by atoms with Gasteiger partial charge in [0, 0.05) is 0 Å². The zero-order valence-electron chi connectivity index (χ0n) is 9.08. The van der Waals surface area contributed by atoms with Gasteiger partial charge in [0.1, 0.15) is 20.2 Å². The molecule has 86 valence electrons. The summed E-state index contributed by atoms with van der Waals surface area (Å²) in [5.74, 6) is 0. The van der Waals surface area contributed by atoms with Crippen LogP contribution in [0.15, 0.2) is 34.1 Å². The van der Waals surface area contributed by atoms with Crippen LogP contribution in [0.3, 0.4) is 0 Å². The number of hydrogen-bond donors (Lipinski definition) is 0. The second kappa shape index (κ2) is 8.23. The fourth-order valence-corrected chi connectivity index (χ4v) is 1.89. The maximum Gasteiger partial charge on any atom is 1.00 e. The molecule has 2 N–H and O–H groups in total. The second-order valence-corrected chi connectivity index (χ2v) is 5.14. The molecule has 7 nitrogen and oxygen atoms in total. The predicted octanol–water partition coefficient (Wildman–Crippen LogP) is -7.32. The third-order valence-corrected chi connectivity index (χ3v) is 3.05. The summed E-state index contributed by atoms with van der Waals surface area (Å²) in [6.07, 6.45) is 0. The van der Waals surface area contributed by atoms with E-state index in [9.17, 15) is 25.9 Å². The molecule has 1 rings (SSSR count). The first-order valence-corrected chi connectivity index (χ1v) is 6.05. The third kappa shape index (κ3) is 7.23. The Hall–Kier alpha value is 1.00. The van der Waals surface area contributed by atoms with Crippen LogP contribution in [0.25, 0.3) is 0 Å². The van der Waals surface area contributed by atoms with Crippen LogP contribution in [-0.4, -0.2) is 31.4 Å². The van der Waals surface area contributed by atoms with Gasteiger partial charge in [-0.3, -0.25) is 0 Å². The zero-order valence-corrected chi connectivity index (χ0v) is 14.7. The van der Waals surface area contributed by atoms with Crippen molar-refractivity contribution in [3.8, 4) is 0 Å². The monoisotopic (exact) mass is 300 g/mol. The molecule has 0 aliphatic carbocycles. The van der Waals surface area contributed by atoms with Gasteiger partial charge in [-0.25, -0.2) is 16.8 Å². The molecule has 0 radical (unpaired) electrons. The molecule has 0 unspecified atom stereocenters. The Morgan fingerprint density at radius 1 is 0.824 bits per heavy atom. The minimum atomic E-state index is -4.74. The fraction of sp³-hybridized carbons (Fsp3) is 0. The minimum absolute atomic E-state index is 0. The van der Waals surface area contributed by atoms with Crippen molar-refractivity contribution in [2.45, 2.75) is 9.79 Å². The first-order valence-electron chi connectivity index (χ1n) is 3.23. The average Bonchev–Trinajstić information content (AvgIpc) is 2.01. The Bertz CT molecular complexity index is 504. The van der Waals surface area contributed by atoms with Gasteiger partial charge in [0.05, 0.1) is 9.79 Å². The second-order valence-electron chi connectivity index (χ2n) is 2.38. The molecule has 1 aromatic carbocycles. The van der Waals surface area contributed by atoms with Gasteiger partial charge in [-0.1, -0.05) is 6.07 Å². The summed E-state index contributed by atoms with van der Waals surface area (Å²) in [7, 11) is -9.48. The van der Waals surface area contributed by atoms with Gasteiger partial charge in [0.25, 0.3) is 0 Å². The summed E-state index contributed by atoms with van der Waals surface area (Å²) in [6.45, 7) is 0. The molecule has 0 aromatic heterocycles. The van der Waals surface area contributed by atoms with Crippen LogP contribution >= 0.6 is 0 Å². The summed E-state index contributed by atoms with van der Waals surface area (Å²) in [4.78, 5) is -1.48. The SMILES string of the molecule is O.O=S(=O)([O-])c1cccc(S(=O)(=O)[O-])c1.[Na+].[Na+]. The van der Waals surface area contributed by atoms with Crippen LogP contribution in [0.1, 0.15) is 0 Å². The molecule has 0 bridgehead atoms. The molecule has 0 amide bonds. The topological polar surface area (TPSA) is 146 Å². The van der Waals surface area contributed by atoms with E-state index < -0.39 is 30.0 Å². The third-order valence-electron chi connectivity index (χ3n) is 1.38. The van der Waals surface area contributed by atoms with Crippen LogP contribution in [0.2, 0.25) is 0 Å². The predicted molar refractivity (Wildman–Crippen MR) is 46.0 cm³/mol. The van der Waals surface area contributed by atoms with E-state index in [0.717, 1.165) is 18.2 Å². The first kappa shape index (κ1) is 23.1. The molecular formula is C6H6Na2O7S2. The van der Waals surface area contributed by atoms with Crippen molar-refractivity contribution in [2.75, 3.05) is 0 Å². The zero-order chi connectivity index (χ0) is 11.0. The standard InChI is InChI=1S/C6H6O6S2.2Na.H2O/c7-13(8,9)5-2-1-3-6(4-5)14(10,11)12;;;/h1-4H,(H,7,8,9)(H,10,11,12);;;1H2/q;2*+1;/p-2. The van der Waals surface area contributed by atoms with Crippen molar-refractivity contribution in [3.05, 3.63) is 24.3 Å². The fourth-order valence-electron chi connectivity index (χ4n) is 0.785. The smallest absolute Gasteiger partial charge is 0.744 e. The van der Waals surface area contributed by atoms with Gasteiger partial charge >= 0.3 is 59.1 Å². The molecule has 0 saturated carbocycles. The van der Waals surface area contributed by atoms with E-state index in [0.29, 0.717) is 6.07 Å². The van der Waals surface area contributed by atoms with Crippen LogP contribution < -0.4 is 59.1 Å². The number of benzene rings is 1. The molecule has 0 aliphatic rings. The van der Waals surface area contributed by atoms with E-state index in [1.54, 1.807) is 0 Å². The Kier molecular flexibility index (Phi) is 11.2. The first-order chi connectivity index (χ1) is 6.21. The van der Waals surface area contributed by atoms with E-state index in [4.69, 9.17) is 0 Å². The molecule has 0 spiro atoms. The quantitative estimate of drug-likeness (QED) is 0.391. The Balaban J connectivity index is -0.000000653. The van der Waals surface area contributed by atoms with Crippen molar-refractivity contribution in [2.24, 2.45) is 0 Å². The summed E-state index contributed by atoms with van der Waals surface area (Å²) in [5, 5.41) is 0. The summed E-state index contributed by atoms with van der Waals surface area (Å²) < 4.78 is 62.8. The average molecular weight is 300 g/mol. The summed E-state index contributed by atoms with van der Waals surface area (Å²) in [5.41, 5.74) is 0. The Morgan fingerprint density at radius 3 is 1.35 bits per heavy atom. The molecule has 0 heterocycles. The van der Waals surface area contributed by atoms with Crippen LogP contribution in [0, 0.1) is 0 Å². The molecule has 11 heteroatoms. The van der Waals surface area contributed by atoms with Gasteiger partial charge in [-0.15, -0.1) is 0 Å². The number of hydrogen-bond acceptors (Lipinski definition) is 6. The largest absolute Gasteiger partial charge is 1.00 e. The summed E-state index contributed by atoms with van der Waals surface area (Å²) in [6, 6.07) is 3.37. The molecule has 0 fully saturated rings. The van der Waals surface area contributed by atoms with E-state index in [2.05, 4.69) is 0 Å². The maximum atomic E-state index is 10.5. The van der Waals surface area contributed by atoms with Crippen molar-refractivity contribution in [1.82, 2.24) is 0 Å². The van der Waals surface area contributed by atoms with Gasteiger partial charge in [-0.05, 0) is 18.2 Å². The van der Waals surface area contributed by atoms with E-state index in [1.165, 1.54) is 0 Å². The van der Waals surface area contributed by atoms with E-state index in [-0.39, 0.29) is 64.6 Å². The molecule has 0 aliphatic heterocycles. The van der Waals surface area contributed by atoms with Gasteiger partial charge in [0.15, 0.2) is 0 Å².